The van der Waals surface area contributed by atoms with Gasteiger partial charge in [0.15, 0.2) is 0 Å². The molecule has 2 amide bonds. The molecule has 0 radical (unpaired) electrons. The molecule has 29 heavy (non-hydrogen) atoms. The van der Waals surface area contributed by atoms with Crippen molar-refractivity contribution < 1.29 is 22.8 Å². The van der Waals surface area contributed by atoms with Crippen LogP contribution in [0.15, 0.2) is 72.8 Å². The van der Waals surface area contributed by atoms with E-state index >= 15 is 0 Å². The van der Waals surface area contributed by atoms with Crippen LogP contribution in [0.2, 0.25) is 0 Å². The van der Waals surface area contributed by atoms with Gasteiger partial charge in [0.1, 0.15) is 0 Å². The van der Waals surface area contributed by atoms with E-state index in [1.165, 1.54) is 19.2 Å². The lowest BCUT2D eigenvalue weighted by molar-refractivity contribution is -0.137. The van der Waals surface area contributed by atoms with Gasteiger partial charge in [-0.05, 0) is 53.6 Å². The van der Waals surface area contributed by atoms with Crippen LogP contribution in [0, 0.1) is 0 Å². The molecule has 0 aliphatic heterocycles. The second-order valence-electron chi connectivity index (χ2n) is 6.23. The zero-order valence-electron chi connectivity index (χ0n) is 15.4. The molecule has 7 heteroatoms. The average Bonchev–Trinajstić information content (AvgIpc) is 2.73. The first kappa shape index (κ1) is 20.1. The van der Waals surface area contributed by atoms with Gasteiger partial charge >= 0.3 is 6.18 Å². The summed E-state index contributed by atoms with van der Waals surface area (Å²) in [6, 6.07) is 17.7. The Morgan fingerprint density at radius 1 is 0.793 bits per heavy atom. The van der Waals surface area contributed by atoms with E-state index in [0.29, 0.717) is 27.9 Å². The van der Waals surface area contributed by atoms with E-state index in [-0.39, 0.29) is 5.91 Å². The number of hydrogen-bond donors (Lipinski definition) is 2. The van der Waals surface area contributed by atoms with E-state index in [1.807, 2.05) is 0 Å². The summed E-state index contributed by atoms with van der Waals surface area (Å²) in [5.74, 6) is -0.649. The Labute approximate surface area is 165 Å². The summed E-state index contributed by atoms with van der Waals surface area (Å²) in [6.45, 7) is 0. The zero-order valence-corrected chi connectivity index (χ0v) is 15.4. The van der Waals surface area contributed by atoms with Gasteiger partial charge in [0.05, 0.1) is 5.56 Å². The van der Waals surface area contributed by atoms with Crippen LogP contribution in [-0.4, -0.2) is 18.9 Å². The number of rotatable bonds is 4. The Morgan fingerprint density at radius 3 is 2.00 bits per heavy atom. The monoisotopic (exact) mass is 398 g/mol. The minimum atomic E-state index is -4.42. The third-order valence-corrected chi connectivity index (χ3v) is 4.33. The molecule has 0 fully saturated rings. The van der Waals surface area contributed by atoms with Gasteiger partial charge in [0, 0.05) is 23.9 Å². The SMILES string of the molecule is CNC(=O)c1ccc(NC(=O)c2ccccc2-c2ccc(C(F)(F)F)cc2)cc1. The summed E-state index contributed by atoms with van der Waals surface area (Å²) in [4.78, 5) is 24.3. The van der Waals surface area contributed by atoms with Crippen molar-refractivity contribution >= 4 is 17.5 Å². The Kier molecular flexibility index (Phi) is 5.68. The van der Waals surface area contributed by atoms with Crippen LogP contribution >= 0.6 is 0 Å². The van der Waals surface area contributed by atoms with E-state index in [9.17, 15) is 22.8 Å². The molecule has 0 aliphatic rings. The van der Waals surface area contributed by atoms with E-state index in [1.54, 1.807) is 48.5 Å². The third kappa shape index (κ3) is 4.63. The Morgan fingerprint density at radius 2 is 1.41 bits per heavy atom. The van der Waals surface area contributed by atoms with Crippen molar-refractivity contribution in [2.24, 2.45) is 0 Å². The normalized spacial score (nSPS) is 11.0. The van der Waals surface area contributed by atoms with Crippen LogP contribution in [0.5, 0.6) is 0 Å². The van der Waals surface area contributed by atoms with E-state index in [4.69, 9.17) is 0 Å². The van der Waals surface area contributed by atoms with Crippen molar-refractivity contribution in [2.75, 3.05) is 12.4 Å². The lowest BCUT2D eigenvalue weighted by atomic mass is 9.98. The number of alkyl halides is 3. The number of nitrogens with one attached hydrogen (secondary N) is 2. The molecule has 4 nitrogen and oxygen atoms in total. The van der Waals surface area contributed by atoms with Crippen molar-refractivity contribution in [3.05, 3.63) is 89.5 Å². The van der Waals surface area contributed by atoms with Gasteiger partial charge in [-0.25, -0.2) is 0 Å². The minimum absolute atomic E-state index is 0.240. The largest absolute Gasteiger partial charge is 0.416 e. The van der Waals surface area contributed by atoms with E-state index in [0.717, 1.165) is 12.1 Å². The minimum Gasteiger partial charge on any atom is -0.355 e. The van der Waals surface area contributed by atoms with Crippen LogP contribution in [0.1, 0.15) is 26.3 Å². The van der Waals surface area contributed by atoms with Crippen LogP contribution < -0.4 is 10.6 Å². The fraction of sp³-hybridized carbons (Fsp3) is 0.0909. The predicted octanol–water partition coefficient (Wildman–Crippen LogP) is 4.98. The summed E-state index contributed by atoms with van der Waals surface area (Å²) >= 11 is 0. The molecule has 3 rings (SSSR count). The highest BCUT2D eigenvalue weighted by Gasteiger charge is 2.30. The highest BCUT2D eigenvalue weighted by Crippen LogP contribution is 2.32. The molecule has 148 valence electrons. The number of halogens is 3. The van der Waals surface area contributed by atoms with Gasteiger partial charge < -0.3 is 10.6 Å². The number of anilines is 1. The maximum absolute atomic E-state index is 12.8. The smallest absolute Gasteiger partial charge is 0.355 e. The Hall–Kier alpha value is -3.61. The van der Waals surface area contributed by atoms with E-state index < -0.39 is 17.6 Å². The molecule has 0 aliphatic carbocycles. The number of benzene rings is 3. The standard InChI is InChI=1S/C22H17F3N2O2/c1-26-20(28)15-8-12-17(13-9-15)27-21(29)19-5-3-2-4-18(19)14-6-10-16(11-7-14)22(23,24)25/h2-13H,1H3,(H,26,28)(H,27,29). The molecule has 0 aromatic heterocycles. The zero-order chi connectivity index (χ0) is 21.0. The fourth-order valence-corrected chi connectivity index (χ4v) is 2.82. The molecule has 0 spiro atoms. The van der Waals surface area contributed by atoms with E-state index in [2.05, 4.69) is 10.6 Å². The molecule has 0 bridgehead atoms. The van der Waals surface area contributed by atoms with Crippen LogP contribution in [0.3, 0.4) is 0 Å². The number of carbonyl (C=O) groups is 2. The van der Waals surface area contributed by atoms with Crippen molar-refractivity contribution in [1.29, 1.82) is 0 Å². The lowest BCUT2D eigenvalue weighted by Crippen LogP contribution is -2.18. The maximum Gasteiger partial charge on any atom is 0.416 e. The maximum atomic E-state index is 12.8. The highest BCUT2D eigenvalue weighted by molar-refractivity contribution is 6.08. The van der Waals surface area contributed by atoms with Crippen LogP contribution in [-0.2, 0) is 6.18 Å². The van der Waals surface area contributed by atoms with Gasteiger partial charge in [0.25, 0.3) is 11.8 Å². The number of carbonyl (C=O) groups excluding carboxylic acids is 2. The van der Waals surface area contributed by atoms with Crippen molar-refractivity contribution in [3.63, 3.8) is 0 Å². The molecule has 0 unspecified atom stereocenters. The molecule has 0 saturated heterocycles. The van der Waals surface area contributed by atoms with Gasteiger partial charge in [-0.1, -0.05) is 30.3 Å². The summed E-state index contributed by atoms with van der Waals surface area (Å²) in [5.41, 5.74) is 1.53. The molecule has 0 heterocycles. The molecular formula is C22H17F3N2O2. The van der Waals surface area contributed by atoms with Crippen LogP contribution in [0.4, 0.5) is 18.9 Å². The van der Waals surface area contributed by atoms with Crippen molar-refractivity contribution in [2.45, 2.75) is 6.18 Å². The Balaban J connectivity index is 1.85. The quantitative estimate of drug-likeness (QED) is 0.651. The highest BCUT2D eigenvalue weighted by atomic mass is 19.4. The van der Waals surface area contributed by atoms with Gasteiger partial charge in [0.2, 0.25) is 0 Å². The molecular weight excluding hydrogens is 381 g/mol. The summed E-state index contributed by atoms with van der Waals surface area (Å²) < 4.78 is 38.4. The second kappa shape index (κ2) is 8.18. The van der Waals surface area contributed by atoms with Crippen molar-refractivity contribution in [1.82, 2.24) is 5.32 Å². The van der Waals surface area contributed by atoms with Gasteiger partial charge in [-0.2, -0.15) is 13.2 Å². The summed E-state index contributed by atoms with van der Waals surface area (Å²) in [7, 11) is 1.52. The number of amides is 2. The molecule has 0 atom stereocenters. The van der Waals surface area contributed by atoms with Crippen LogP contribution in [0.25, 0.3) is 11.1 Å². The van der Waals surface area contributed by atoms with Gasteiger partial charge in [-0.3, -0.25) is 9.59 Å². The fourth-order valence-electron chi connectivity index (χ4n) is 2.82. The van der Waals surface area contributed by atoms with Gasteiger partial charge in [-0.15, -0.1) is 0 Å². The first-order valence-electron chi connectivity index (χ1n) is 8.70. The molecule has 0 saturated carbocycles. The molecule has 3 aromatic carbocycles. The first-order chi connectivity index (χ1) is 13.8. The second-order valence-corrected chi connectivity index (χ2v) is 6.23. The van der Waals surface area contributed by atoms with Crippen molar-refractivity contribution in [3.8, 4) is 11.1 Å². The average molecular weight is 398 g/mol. The third-order valence-electron chi connectivity index (χ3n) is 4.33. The summed E-state index contributed by atoms with van der Waals surface area (Å²) in [5, 5.41) is 5.25. The topological polar surface area (TPSA) is 58.2 Å². The number of hydrogen-bond acceptors (Lipinski definition) is 2. The predicted molar refractivity (Wildman–Crippen MR) is 105 cm³/mol. The summed E-state index contributed by atoms with van der Waals surface area (Å²) in [6.07, 6.45) is -4.42. The Bertz CT molecular complexity index is 1030. The first-order valence-corrected chi connectivity index (χ1v) is 8.70. The lowest BCUT2D eigenvalue weighted by Gasteiger charge is -2.12. The molecule has 2 N–H and O–H groups in total. The molecule has 3 aromatic rings.